The maximum Gasteiger partial charge on any atom is 0.390 e. The molecule has 0 aliphatic rings. The van der Waals surface area contributed by atoms with Crippen molar-refractivity contribution in [2.75, 3.05) is 0 Å². The number of nitrogens with zero attached hydrogens (tertiary/aromatic N) is 1. The van der Waals surface area contributed by atoms with Gasteiger partial charge in [0.2, 0.25) is 0 Å². The molecule has 0 aliphatic carbocycles. The molecule has 1 aromatic carbocycles. The fourth-order valence-electron chi connectivity index (χ4n) is 1.87. The average Bonchev–Trinajstić information content (AvgIpc) is 2.64. The van der Waals surface area contributed by atoms with Crippen LogP contribution in [-0.4, -0.2) is 21.8 Å². The molecule has 1 N–H and O–H groups in total. The number of carbonyl (C=O) groups is 1. The standard InChI is InChI=1S/C12H10F3NO2/c13-12(14,15)5-6-16-9-4-2-1-3-8(9)7-10(16)11(17)18/h1-4,7H,5-6H2,(H,17,18). The van der Waals surface area contributed by atoms with Gasteiger partial charge in [0.1, 0.15) is 5.69 Å². The van der Waals surface area contributed by atoms with E-state index in [4.69, 9.17) is 5.11 Å². The van der Waals surface area contributed by atoms with Crippen molar-refractivity contribution >= 4 is 16.9 Å². The quantitative estimate of drug-likeness (QED) is 0.916. The van der Waals surface area contributed by atoms with Gasteiger partial charge in [-0.2, -0.15) is 13.2 Å². The molecule has 96 valence electrons. The normalized spacial score (nSPS) is 11.9. The zero-order valence-electron chi connectivity index (χ0n) is 9.24. The second-order valence-corrected chi connectivity index (χ2v) is 3.91. The van der Waals surface area contributed by atoms with Crippen molar-refractivity contribution in [1.82, 2.24) is 4.57 Å². The first-order valence-corrected chi connectivity index (χ1v) is 5.27. The van der Waals surface area contributed by atoms with Gasteiger partial charge in [-0.05, 0) is 12.1 Å². The molecular weight excluding hydrogens is 247 g/mol. The summed E-state index contributed by atoms with van der Waals surface area (Å²) in [5.74, 6) is -1.23. The maximum absolute atomic E-state index is 12.2. The van der Waals surface area contributed by atoms with Crippen LogP contribution in [0.1, 0.15) is 16.9 Å². The van der Waals surface area contributed by atoms with Crippen molar-refractivity contribution in [3.05, 3.63) is 36.0 Å². The number of aromatic nitrogens is 1. The lowest BCUT2D eigenvalue weighted by Gasteiger charge is -2.10. The summed E-state index contributed by atoms with van der Waals surface area (Å²) in [4.78, 5) is 11.0. The molecule has 0 atom stereocenters. The molecule has 0 unspecified atom stereocenters. The Bertz CT molecular complexity index is 587. The third-order valence-corrected chi connectivity index (χ3v) is 2.65. The van der Waals surface area contributed by atoms with Crippen LogP contribution in [-0.2, 0) is 6.54 Å². The highest BCUT2D eigenvalue weighted by Crippen LogP contribution is 2.25. The zero-order chi connectivity index (χ0) is 13.3. The smallest absolute Gasteiger partial charge is 0.390 e. The minimum absolute atomic E-state index is 0.125. The van der Waals surface area contributed by atoms with E-state index < -0.39 is 25.1 Å². The van der Waals surface area contributed by atoms with E-state index in [0.717, 1.165) is 0 Å². The number of carboxylic acid groups (broad SMARTS) is 1. The van der Waals surface area contributed by atoms with Crippen molar-refractivity contribution in [3.8, 4) is 0 Å². The number of rotatable bonds is 3. The van der Waals surface area contributed by atoms with Crippen LogP contribution < -0.4 is 0 Å². The summed E-state index contributed by atoms with van der Waals surface area (Å²) < 4.78 is 37.8. The van der Waals surface area contributed by atoms with Gasteiger partial charge in [0, 0.05) is 17.4 Å². The lowest BCUT2D eigenvalue weighted by atomic mass is 10.2. The van der Waals surface area contributed by atoms with Gasteiger partial charge in [-0.3, -0.25) is 0 Å². The molecular formula is C12H10F3NO2. The van der Waals surface area contributed by atoms with Crippen molar-refractivity contribution < 1.29 is 23.1 Å². The number of hydrogen-bond acceptors (Lipinski definition) is 1. The summed E-state index contributed by atoms with van der Waals surface area (Å²) >= 11 is 0. The van der Waals surface area contributed by atoms with Crippen LogP contribution in [0.4, 0.5) is 13.2 Å². The Labute approximate surface area is 100 Å². The van der Waals surface area contributed by atoms with Crippen LogP contribution in [0.5, 0.6) is 0 Å². The number of fused-ring (bicyclic) bond motifs is 1. The van der Waals surface area contributed by atoms with E-state index in [-0.39, 0.29) is 5.69 Å². The van der Waals surface area contributed by atoms with E-state index in [2.05, 4.69) is 0 Å². The SMILES string of the molecule is O=C(O)c1cc2ccccc2n1CCC(F)(F)F. The lowest BCUT2D eigenvalue weighted by Crippen LogP contribution is -2.15. The summed E-state index contributed by atoms with van der Waals surface area (Å²) in [7, 11) is 0. The minimum atomic E-state index is -4.30. The molecule has 0 aliphatic heterocycles. The Hall–Kier alpha value is -1.98. The molecule has 6 heteroatoms. The number of para-hydroxylation sites is 1. The average molecular weight is 257 g/mol. The number of alkyl halides is 3. The Morgan fingerprint density at radius 2 is 1.94 bits per heavy atom. The molecule has 0 amide bonds. The first-order chi connectivity index (χ1) is 8.38. The van der Waals surface area contributed by atoms with Crippen LogP contribution >= 0.6 is 0 Å². The van der Waals surface area contributed by atoms with Gasteiger partial charge >= 0.3 is 12.1 Å². The maximum atomic E-state index is 12.2. The molecule has 0 radical (unpaired) electrons. The number of halogens is 3. The van der Waals surface area contributed by atoms with E-state index in [9.17, 15) is 18.0 Å². The number of aryl methyl sites for hydroxylation is 1. The monoisotopic (exact) mass is 257 g/mol. The van der Waals surface area contributed by atoms with Crippen molar-refractivity contribution in [1.29, 1.82) is 0 Å². The third-order valence-electron chi connectivity index (χ3n) is 2.65. The third kappa shape index (κ3) is 2.47. The van der Waals surface area contributed by atoms with Crippen LogP contribution in [0, 0.1) is 0 Å². The van der Waals surface area contributed by atoms with Gasteiger partial charge in [-0.15, -0.1) is 0 Å². The predicted molar refractivity (Wildman–Crippen MR) is 59.6 cm³/mol. The van der Waals surface area contributed by atoms with Gasteiger partial charge in [-0.25, -0.2) is 4.79 Å². The molecule has 3 nitrogen and oxygen atoms in total. The summed E-state index contributed by atoms with van der Waals surface area (Å²) in [6.07, 6.45) is -5.35. The van der Waals surface area contributed by atoms with E-state index >= 15 is 0 Å². The zero-order valence-corrected chi connectivity index (χ0v) is 9.24. The van der Waals surface area contributed by atoms with Gasteiger partial charge < -0.3 is 9.67 Å². The largest absolute Gasteiger partial charge is 0.477 e. The van der Waals surface area contributed by atoms with Gasteiger partial charge in [0.25, 0.3) is 0 Å². The Morgan fingerprint density at radius 3 is 2.56 bits per heavy atom. The van der Waals surface area contributed by atoms with Gasteiger partial charge in [-0.1, -0.05) is 18.2 Å². The van der Waals surface area contributed by atoms with Crippen LogP contribution in [0.25, 0.3) is 10.9 Å². The van der Waals surface area contributed by atoms with E-state index in [1.165, 1.54) is 10.6 Å². The molecule has 18 heavy (non-hydrogen) atoms. The summed E-state index contributed by atoms with van der Waals surface area (Å²) in [5.41, 5.74) is 0.375. The topological polar surface area (TPSA) is 42.2 Å². The molecule has 2 aromatic rings. The molecule has 0 spiro atoms. The minimum Gasteiger partial charge on any atom is -0.477 e. The van der Waals surface area contributed by atoms with E-state index in [0.29, 0.717) is 10.9 Å². The van der Waals surface area contributed by atoms with Crippen LogP contribution in [0.2, 0.25) is 0 Å². The Balaban J connectivity index is 2.45. The molecule has 0 bridgehead atoms. The molecule has 0 fully saturated rings. The summed E-state index contributed by atoms with van der Waals surface area (Å²) in [6, 6.07) is 8.04. The number of benzene rings is 1. The van der Waals surface area contributed by atoms with Crippen molar-refractivity contribution in [2.45, 2.75) is 19.1 Å². The highest BCUT2D eigenvalue weighted by Gasteiger charge is 2.28. The summed E-state index contributed by atoms with van der Waals surface area (Å²) in [6.45, 7) is -0.390. The Kier molecular flexibility index (Phi) is 3.02. The highest BCUT2D eigenvalue weighted by molar-refractivity contribution is 5.94. The van der Waals surface area contributed by atoms with E-state index in [1.54, 1.807) is 24.3 Å². The van der Waals surface area contributed by atoms with Gasteiger partial charge in [0.15, 0.2) is 0 Å². The first kappa shape index (κ1) is 12.5. The second-order valence-electron chi connectivity index (χ2n) is 3.91. The van der Waals surface area contributed by atoms with Gasteiger partial charge in [0.05, 0.1) is 6.42 Å². The van der Waals surface area contributed by atoms with Crippen molar-refractivity contribution in [2.24, 2.45) is 0 Å². The molecule has 2 rings (SSSR count). The van der Waals surface area contributed by atoms with Crippen molar-refractivity contribution in [3.63, 3.8) is 0 Å². The van der Waals surface area contributed by atoms with E-state index in [1.807, 2.05) is 0 Å². The highest BCUT2D eigenvalue weighted by atomic mass is 19.4. The molecule has 1 heterocycles. The lowest BCUT2D eigenvalue weighted by molar-refractivity contribution is -0.136. The molecule has 1 aromatic heterocycles. The molecule has 0 saturated carbocycles. The molecule has 0 saturated heterocycles. The van der Waals surface area contributed by atoms with Crippen LogP contribution in [0.3, 0.4) is 0 Å². The summed E-state index contributed by atoms with van der Waals surface area (Å²) in [5, 5.41) is 9.62. The first-order valence-electron chi connectivity index (χ1n) is 5.27. The fraction of sp³-hybridized carbons (Fsp3) is 0.250. The Morgan fingerprint density at radius 1 is 1.28 bits per heavy atom. The number of carboxylic acids is 1. The fourth-order valence-corrected chi connectivity index (χ4v) is 1.87. The number of hydrogen-bond donors (Lipinski definition) is 1. The second kappa shape index (κ2) is 4.36. The predicted octanol–water partition coefficient (Wildman–Crippen LogP) is 3.29. The van der Waals surface area contributed by atoms with Crippen LogP contribution in [0.15, 0.2) is 30.3 Å². The number of aromatic carboxylic acids is 1.